The largest absolute Gasteiger partial charge is 0.457 e. The Labute approximate surface area is 153 Å². The maximum atomic E-state index is 12.5. The Morgan fingerprint density at radius 3 is 2.37 bits per heavy atom. The summed E-state index contributed by atoms with van der Waals surface area (Å²) in [4.78, 5) is 16.6. The molecule has 2 aromatic heterocycles. The van der Waals surface area contributed by atoms with Gasteiger partial charge < -0.3 is 15.7 Å². The number of hydrogen-bond donors (Lipinski definition) is 3. The van der Waals surface area contributed by atoms with Crippen molar-refractivity contribution < 1.29 is 9.94 Å². The van der Waals surface area contributed by atoms with Gasteiger partial charge in [0.2, 0.25) is 0 Å². The number of nitrogen functional groups attached to an aromatic ring is 1. The van der Waals surface area contributed by atoms with Crippen molar-refractivity contribution in [2.45, 2.75) is 0 Å². The predicted octanol–water partition coefficient (Wildman–Crippen LogP) is 2.50. The Kier molecular flexibility index (Phi) is 3.85. The Morgan fingerprint density at radius 1 is 1.04 bits per heavy atom. The van der Waals surface area contributed by atoms with Gasteiger partial charge in [-0.25, -0.2) is 4.79 Å². The summed E-state index contributed by atoms with van der Waals surface area (Å²) in [6, 6.07) is 17.6. The number of benzene rings is 2. The molecule has 8 heteroatoms. The number of rotatable bonds is 4. The standard InChI is InChI=1S/C19H15N5O3/c20-18(21)16-17-15(10-11-22-16)24(26)19(25)23(17)12-6-8-14(9-7-12)27-13-4-2-1-3-5-13/h1-11,26H,(H3,20,21). The summed E-state index contributed by atoms with van der Waals surface area (Å²) < 4.78 is 7.51. The van der Waals surface area contributed by atoms with E-state index < -0.39 is 5.69 Å². The van der Waals surface area contributed by atoms with E-state index in [9.17, 15) is 10.0 Å². The van der Waals surface area contributed by atoms with Crippen LogP contribution in [0, 0.1) is 5.41 Å². The van der Waals surface area contributed by atoms with Crippen molar-refractivity contribution in [1.82, 2.24) is 14.3 Å². The first kappa shape index (κ1) is 16.4. The predicted molar refractivity (Wildman–Crippen MR) is 100 cm³/mol. The van der Waals surface area contributed by atoms with Gasteiger partial charge in [0.25, 0.3) is 0 Å². The molecule has 2 heterocycles. The van der Waals surface area contributed by atoms with Crippen molar-refractivity contribution in [2.24, 2.45) is 5.73 Å². The lowest BCUT2D eigenvalue weighted by Gasteiger charge is -2.08. The summed E-state index contributed by atoms with van der Waals surface area (Å²) >= 11 is 0. The van der Waals surface area contributed by atoms with E-state index >= 15 is 0 Å². The van der Waals surface area contributed by atoms with Crippen LogP contribution in [0.15, 0.2) is 71.7 Å². The van der Waals surface area contributed by atoms with Crippen molar-refractivity contribution in [3.05, 3.63) is 83.0 Å². The Balaban J connectivity index is 1.82. The lowest BCUT2D eigenvalue weighted by molar-refractivity contribution is 0.186. The van der Waals surface area contributed by atoms with E-state index in [1.54, 1.807) is 24.3 Å². The molecule has 0 fully saturated rings. The Hall–Kier alpha value is -4.07. The van der Waals surface area contributed by atoms with Crippen molar-refractivity contribution in [1.29, 1.82) is 5.41 Å². The maximum absolute atomic E-state index is 12.5. The van der Waals surface area contributed by atoms with E-state index in [2.05, 4.69) is 4.98 Å². The van der Waals surface area contributed by atoms with Gasteiger partial charge in [-0.3, -0.25) is 15.0 Å². The molecule has 8 nitrogen and oxygen atoms in total. The molecule has 0 saturated carbocycles. The minimum Gasteiger partial charge on any atom is -0.457 e. The molecule has 4 rings (SSSR count). The fraction of sp³-hybridized carbons (Fsp3) is 0. The number of imidazole rings is 1. The average Bonchev–Trinajstić information content (AvgIpc) is 2.94. The van der Waals surface area contributed by atoms with E-state index in [4.69, 9.17) is 15.9 Å². The molecular weight excluding hydrogens is 346 g/mol. The minimum atomic E-state index is -0.683. The zero-order valence-corrected chi connectivity index (χ0v) is 14.0. The first-order valence-corrected chi connectivity index (χ1v) is 8.05. The van der Waals surface area contributed by atoms with Crippen LogP contribution in [0.2, 0.25) is 0 Å². The van der Waals surface area contributed by atoms with Gasteiger partial charge in [0.15, 0.2) is 0 Å². The van der Waals surface area contributed by atoms with Crippen LogP contribution < -0.4 is 16.2 Å². The summed E-state index contributed by atoms with van der Waals surface area (Å²) in [5, 5.41) is 17.8. The van der Waals surface area contributed by atoms with Crippen LogP contribution in [0.1, 0.15) is 5.69 Å². The Morgan fingerprint density at radius 2 is 1.70 bits per heavy atom. The highest BCUT2D eigenvalue weighted by Crippen LogP contribution is 2.24. The van der Waals surface area contributed by atoms with E-state index in [1.807, 2.05) is 30.3 Å². The second kappa shape index (κ2) is 6.34. The van der Waals surface area contributed by atoms with Crippen molar-refractivity contribution >= 4 is 16.9 Å². The fourth-order valence-electron chi connectivity index (χ4n) is 2.85. The number of nitrogens with one attached hydrogen (secondary N) is 1. The number of para-hydroxylation sites is 1. The molecule has 27 heavy (non-hydrogen) atoms. The number of amidine groups is 1. The lowest BCUT2D eigenvalue weighted by atomic mass is 10.2. The molecule has 0 saturated heterocycles. The van der Waals surface area contributed by atoms with Crippen LogP contribution in [-0.4, -0.2) is 25.3 Å². The third kappa shape index (κ3) is 2.78. The highest BCUT2D eigenvalue weighted by Gasteiger charge is 2.19. The molecule has 0 aliphatic carbocycles. The van der Waals surface area contributed by atoms with Gasteiger partial charge >= 0.3 is 5.69 Å². The number of nitrogens with two attached hydrogens (primary N) is 1. The molecule has 2 aromatic carbocycles. The molecule has 134 valence electrons. The highest BCUT2D eigenvalue weighted by molar-refractivity contribution is 6.04. The quantitative estimate of drug-likeness (QED) is 0.293. The number of aromatic nitrogens is 3. The van der Waals surface area contributed by atoms with Crippen molar-refractivity contribution in [3.8, 4) is 17.2 Å². The van der Waals surface area contributed by atoms with E-state index in [0.29, 0.717) is 21.9 Å². The maximum Gasteiger partial charge on any atom is 0.366 e. The Bertz CT molecular complexity index is 1190. The van der Waals surface area contributed by atoms with Crippen LogP contribution in [0.25, 0.3) is 16.7 Å². The van der Waals surface area contributed by atoms with Gasteiger partial charge in [0.05, 0.1) is 5.69 Å². The first-order valence-electron chi connectivity index (χ1n) is 8.05. The van der Waals surface area contributed by atoms with E-state index in [-0.39, 0.29) is 22.6 Å². The number of nitrogens with zero attached hydrogens (tertiary/aromatic N) is 3. The molecule has 0 atom stereocenters. The van der Waals surface area contributed by atoms with Crippen LogP contribution in [0.4, 0.5) is 0 Å². The second-order valence-corrected chi connectivity index (χ2v) is 5.78. The van der Waals surface area contributed by atoms with Gasteiger partial charge in [-0.05, 0) is 42.5 Å². The van der Waals surface area contributed by atoms with E-state index in [1.165, 1.54) is 16.8 Å². The molecule has 4 aromatic rings. The summed E-state index contributed by atoms with van der Waals surface area (Å²) in [5.41, 5.74) is 5.97. The third-order valence-electron chi connectivity index (χ3n) is 4.06. The van der Waals surface area contributed by atoms with Gasteiger partial charge in [-0.2, -0.15) is 0 Å². The highest BCUT2D eigenvalue weighted by atomic mass is 16.5. The summed E-state index contributed by atoms with van der Waals surface area (Å²) in [6.07, 6.45) is 1.38. The van der Waals surface area contributed by atoms with Crippen molar-refractivity contribution in [2.75, 3.05) is 0 Å². The van der Waals surface area contributed by atoms with Crippen LogP contribution >= 0.6 is 0 Å². The van der Waals surface area contributed by atoms with Crippen LogP contribution in [-0.2, 0) is 0 Å². The molecule has 0 spiro atoms. The molecular formula is C19H15N5O3. The summed E-state index contributed by atoms with van der Waals surface area (Å²) in [5.74, 6) is 0.983. The topological polar surface area (TPSA) is 119 Å². The summed E-state index contributed by atoms with van der Waals surface area (Å²) in [6.45, 7) is 0. The average molecular weight is 361 g/mol. The molecule has 0 aliphatic rings. The van der Waals surface area contributed by atoms with Gasteiger partial charge in [-0.15, -0.1) is 4.73 Å². The minimum absolute atomic E-state index is 0.113. The fourth-order valence-corrected chi connectivity index (χ4v) is 2.85. The van der Waals surface area contributed by atoms with Crippen molar-refractivity contribution in [3.63, 3.8) is 0 Å². The molecule has 4 N–H and O–H groups in total. The number of hydrogen-bond acceptors (Lipinski definition) is 5. The summed E-state index contributed by atoms with van der Waals surface area (Å²) in [7, 11) is 0. The molecule has 0 unspecified atom stereocenters. The molecule has 0 aliphatic heterocycles. The SMILES string of the molecule is N=C(N)c1nccc2c1n(-c1ccc(Oc3ccccc3)cc1)c(=O)n2O. The number of fused-ring (bicyclic) bond motifs is 1. The third-order valence-corrected chi connectivity index (χ3v) is 4.06. The second-order valence-electron chi connectivity index (χ2n) is 5.78. The number of ether oxygens (including phenoxy) is 1. The number of pyridine rings is 1. The van der Waals surface area contributed by atoms with Gasteiger partial charge in [0, 0.05) is 6.20 Å². The van der Waals surface area contributed by atoms with Crippen LogP contribution in [0.3, 0.4) is 0 Å². The van der Waals surface area contributed by atoms with Gasteiger partial charge in [-0.1, -0.05) is 18.2 Å². The zero-order valence-electron chi connectivity index (χ0n) is 14.0. The smallest absolute Gasteiger partial charge is 0.366 e. The normalized spacial score (nSPS) is 10.8. The first-order chi connectivity index (χ1) is 13.1. The van der Waals surface area contributed by atoms with Gasteiger partial charge in [0.1, 0.15) is 34.1 Å². The lowest BCUT2D eigenvalue weighted by Crippen LogP contribution is -2.22. The molecule has 0 bridgehead atoms. The van der Waals surface area contributed by atoms with Crippen LogP contribution in [0.5, 0.6) is 11.5 Å². The molecule has 0 radical (unpaired) electrons. The molecule has 0 amide bonds. The zero-order chi connectivity index (χ0) is 19.0. The van der Waals surface area contributed by atoms with E-state index in [0.717, 1.165) is 0 Å². The monoisotopic (exact) mass is 361 g/mol.